The van der Waals surface area contributed by atoms with E-state index in [-0.39, 0.29) is 5.91 Å². The van der Waals surface area contributed by atoms with E-state index in [4.69, 9.17) is 0 Å². The van der Waals surface area contributed by atoms with Crippen LogP contribution in [0.3, 0.4) is 0 Å². The van der Waals surface area contributed by atoms with E-state index < -0.39 is 0 Å². The van der Waals surface area contributed by atoms with E-state index in [9.17, 15) is 4.79 Å². The number of carbonyl (C=O) groups is 1. The predicted octanol–water partition coefficient (Wildman–Crippen LogP) is 3.55. The summed E-state index contributed by atoms with van der Waals surface area (Å²) in [5.41, 5.74) is 3.13. The number of aryl methyl sites for hydroxylation is 1. The third-order valence-electron chi connectivity index (χ3n) is 3.04. The highest BCUT2D eigenvalue weighted by molar-refractivity contribution is 9.10. The SMILES string of the molecule is CC1=CCCN(C(=O)c2cccc(C)c2Br)C1. The molecule has 0 aliphatic carbocycles. The average Bonchev–Trinajstić information content (AvgIpc) is 2.32. The lowest BCUT2D eigenvalue weighted by molar-refractivity contribution is 0.0765. The molecule has 0 aromatic heterocycles. The molecule has 2 rings (SSSR count). The van der Waals surface area contributed by atoms with Gasteiger partial charge in [-0.05, 0) is 47.8 Å². The van der Waals surface area contributed by atoms with Gasteiger partial charge in [-0.3, -0.25) is 4.79 Å². The molecule has 0 fully saturated rings. The number of nitrogens with zero attached hydrogens (tertiary/aromatic N) is 1. The molecule has 1 aromatic carbocycles. The summed E-state index contributed by atoms with van der Waals surface area (Å²) in [5, 5.41) is 0. The summed E-state index contributed by atoms with van der Waals surface area (Å²) < 4.78 is 0.914. The van der Waals surface area contributed by atoms with Gasteiger partial charge in [-0.15, -0.1) is 0 Å². The van der Waals surface area contributed by atoms with Crippen LogP contribution < -0.4 is 0 Å². The molecule has 1 aromatic rings. The Morgan fingerprint density at radius 2 is 2.12 bits per heavy atom. The fourth-order valence-electron chi connectivity index (χ4n) is 2.07. The van der Waals surface area contributed by atoms with Crippen molar-refractivity contribution in [1.82, 2.24) is 4.90 Å². The van der Waals surface area contributed by atoms with Gasteiger partial charge in [0.25, 0.3) is 5.91 Å². The van der Waals surface area contributed by atoms with Crippen LogP contribution in [-0.4, -0.2) is 23.9 Å². The second-order valence-corrected chi connectivity index (χ2v) is 5.30. The summed E-state index contributed by atoms with van der Waals surface area (Å²) in [5.74, 6) is 0.119. The molecule has 1 amide bonds. The Hall–Kier alpha value is -1.09. The van der Waals surface area contributed by atoms with E-state index in [0.29, 0.717) is 0 Å². The van der Waals surface area contributed by atoms with E-state index in [1.807, 2.05) is 30.0 Å². The smallest absolute Gasteiger partial charge is 0.255 e. The number of hydrogen-bond donors (Lipinski definition) is 0. The predicted molar refractivity (Wildman–Crippen MR) is 73.2 cm³/mol. The van der Waals surface area contributed by atoms with Gasteiger partial charge in [0.1, 0.15) is 0 Å². The van der Waals surface area contributed by atoms with Crippen LogP contribution in [0.25, 0.3) is 0 Å². The summed E-state index contributed by atoms with van der Waals surface area (Å²) in [4.78, 5) is 14.3. The molecule has 90 valence electrons. The highest BCUT2D eigenvalue weighted by Gasteiger charge is 2.20. The van der Waals surface area contributed by atoms with Crippen LogP contribution in [-0.2, 0) is 0 Å². The van der Waals surface area contributed by atoms with Gasteiger partial charge < -0.3 is 4.90 Å². The minimum Gasteiger partial charge on any atom is -0.334 e. The van der Waals surface area contributed by atoms with Crippen molar-refractivity contribution < 1.29 is 4.79 Å². The highest BCUT2D eigenvalue weighted by atomic mass is 79.9. The van der Waals surface area contributed by atoms with Crippen LogP contribution in [0, 0.1) is 6.92 Å². The Morgan fingerprint density at radius 3 is 2.82 bits per heavy atom. The minimum absolute atomic E-state index is 0.119. The Labute approximate surface area is 110 Å². The zero-order chi connectivity index (χ0) is 12.4. The fourth-order valence-corrected chi connectivity index (χ4v) is 2.50. The van der Waals surface area contributed by atoms with Crippen LogP contribution in [0.5, 0.6) is 0 Å². The second-order valence-electron chi connectivity index (χ2n) is 4.50. The Balaban J connectivity index is 2.26. The third kappa shape index (κ3) is 2.60. The molecule has 0 unspecified atom stereocenters. The molecule has 1 heterocycles. The van der Waals surface area contributed by atoms with E-state index in [0.717, 1.165) is 35.1 Å². The lowest BCUT2D eigenvalue weighted by Gasteiger charge is -2.26. The van der Waals surface area contributed by atoms with E-state index >= 15 is 0 Å². The quantitative estimate of drug-likeness (QED) is 0.725. The minimum atomic E-state index is 0.119. The first-order valence-electron chi connectivity index (χ1n) is 5.79. The normalized spacial score (nSPS) is 15.7. The molecular weight excluding hydrogens is 278 g/mol. The maximum Gasteiger partial charge on any atom is 0.255 e. The van der Waals surface area contributed by atoms with Crippen molar-refractivity contribution in [3.05, 3.63) is 45.4 Å². The van der Waals surface area contributed by atoms with Crippen molar-refractivity contribution in [1.29, 1.82) is 0 Å². The number of amides is 1. The van der Waals surface area contributed by atoms with Crippen molar-refractivity contribution in [2.75, 3.05) is 13.1 Å². The van der Waals surface area contributed by atoms with E-state index in [1.165, 1.54) is 5.57 Å². The van der Waals surface area contributed by atoms with Crippen LogP contribution >= 0.6 is 15.9 Å². The van der Waals surface area contributed by atoms with E-state index in [1.54, 1.807) is 0 Å². The van der Waals surface area contributed by atoms with Gasteiger partial charge in [0.15, 0.2) is 0 Å². The van der Waals surface area contributed by atoms with Gasteiger partial charge in [-0.1, -0.05) is 23.8 Å². The van der Waals surface area contributed by atoms with Crippen LogP contribution in [0.2, 0.25) is 0 Å². The first-order valence-corrected chi connectivity index (χ1v) is 6.59. The van der Waals surface area contributed by atoms with Crippen LogP contribution in [0.1, 0.15) is 29.3 Å². The van der Waals surface area contributed by atoms with Gasteiger partial charge >= 0.3 is 0 Å². The monoisotopic (exact) mass is 293 g/mol. The summed E-state index contributed by atoms with van der Waals surface area (Å²) >= 11 is 3.50. The standard InChI is InChI=1S/C14H16BrNO/c1-10-5-4-8-16(9-10)14(17)12-7-3-6-11(2)13(12)15/h3,5-7H,4,8-9H2,1-2H3. The molecule has 3 heteroatoms. The number of rotatable bonds is 1. The zero-order valence-electron chi connectivity index (χ0n) is 10.2. The summed E-state index contributed by atoms with van der Waals surface area (Å²) in [6.07, 6.45) is 3.16. The first kappa shape index (κ1) is 12.4. The van der Waals surface area contributed by atoms with Gasteiger partial charge in [0.05, 0.1) is 5.56 Å². The molecule has 1 aliphatic heterocycles. The fraction of sp³-hybridized carbons (Fsp3) is 0.357. The molecule has 0 atom stereocenters. The Kier molecular flexibility index (Phi) is 3.67. The van der Waals surface area contributed by atoms with E-state index in [2.05, 4.69) is 28.9 Å². The summed E-state index contributed by atoms with van der Waals surface area (Å²) in [6.45, 7) is 5.64. The highest BCUT2D eigenvalue weighted by Crippen LogP contribution is 2.23. The molecule has 1 aliphatic rings. The van der Waals surface area contributed by atoms with Crippen LogP contribution in [0.4, 0.5) is 0 Å². The largest absolute Gasteiger partial charge is 0.334 e. The number of halogens is 1. The van der Waals surface area contributed by atoms with Crippen molar-refractivity contribution >= 4 is 21.8 Å². The topological polar surface area (TPSA) is 20.3 Å². The molecular formula is C14H16BrNO. The number of hydrogen-bond acceptors (Lipinski definition) is 1. The van der Waals surface area contributed by atoms with Crippen molar-refractivity contribution in [2.45, 2.75) is 20.3 Å². The maximum atomic E-state index is 12.4. The van der Waals surface area contributed by atoms with Crippen molar-refractivity contribution in [3.8, 4) is 0 Å². The molecule has 0 radical (unpaired) electrons. The van der Waals surface area contributed by atoms with Crippen molar-refractivity contribution in [3.63, 3.8) is 0 Å². The lowest BCUT2D eigenvalue weighted by atomic mass is 10.1. The molecule has 0 bridgehead atoms. The molecule has 0 spiro atoms. The van der Waals surface area contributed by atoms with Crippen LogP contribution in [0.15, 0.2) is 34.3 Å². The second kappa shape index (κ2) is 5.05. The summed E-state index contributed by atoms with van der Waals surface area (Å²) in [6, 6.07) is 5.81. The Bertz CT molecular complexity index is 479. The number of benzene rings is 1. The van der Waals surface area contributed by atoms with Gasteiger partial charge in [-0.2, -0.15) is 0 Å². The average molecular weight is 294 g/mol. The van der Waals surface area contributed by atoms with Gasteiger partial charge in [-0.25, -0.2) is 0 Å². The maximum absolute atomic E-state index is 12.4. The third-order valence-corrected chi connectivity index (χ3v) is 4.09. The Morgan fingerprint density at radius 1 is 1.35 bits per heavy atom. The molecule has 17 heavy (non-hydrogen) atoms. The van der Waals surface area contributed by atoms with Crippen molar-refractivity contribution in [2.24, 2.45) is 0 Å². The van der Waals surface area contributed by atoms with Gasteiger partial charge in [0, 0.05) is 17.6 Å². The van der Waals surface area contributed by atoms with Gasteiger partial charge in [0.2, 0.25) is 0 Å². The molecule has 2 nitrogen and oxygen atoms in total. The lowest BCUT2D eigenvalue weighted by Crippen LogP contribution is -2.35. The molecule has 0 saturated heterocycles. The number of carbonyl (C=O) groups excluding carboxylic acids is 1. The zero-order valence-corrected chi connectivity index (χ0v) is 11.8. The summed E-state index contributed by atoms with van der Waals surface area (Å²) in [7, 11) is 0. The molecule has 0 N–H and O–H groups in total. The first-order chi connectivity index (χ1) is 8.09. The molecule has 0 saturated carbocycles.